The molecule has 2 rings (SSSR count). The van der Waals surface area contributed by atoms with Crippen LogP contribution in [0, 0.1) is 5.82 Å². The number of nitrogen functional groups attached to an aromatic ring is 1. The zero-order chi connectivity index (χ0) is 15.5. The lowest BCUT2D eigenvalue weighted by atomic mass is 10.3. The van der Waals surface area contributed by atoms with Crippen molar-refractivity contribution in [3.8, 4) is 0 Å². The van der Waals surface area contributed by atoms with Crippen molar-refractivity contribution in [2.45, 2.75) is 17.9 Å². The lowest BCUT2D eigenvalue weighted by Crippen LogP contribution is -2.26. The molecule has 2 aromatic rings. The zero-order valence-corrected chi connectivity index (χ0v) is 13.2. The Kier molecular flexibility index (Phi) is 4.91. The van der Waals surface area contributed by atoms with Gasteiger partial charge in [0.1, 0.15) is 10.7 Å². The lowest BCUT2D eigenvalue weighted by Gasteiger charge is -2.10. The van der Waals surface area contributed by atoms with E-state index in [1.54, 1.807) is 17.1 Å². The summed E-state index contributed by atoms with van der Waals surface area (Å²) < 4.78 is 41.5. The molecule has 114 valence electrons. The van der Waals surface area contributed by atoms with Gasteiger partial charge in [-0.3, -0.25) is 4.68 Å². The summed E-state index contributed by atoms with van der Waals surface area (Å²) in [7, 11) is -3.79. The molecule has 1 aromatic heterocycles. The van der Waals surface area contributed by atoms with E-state index in [-0.39, 0.29) is 21.6 Å². The second kappa shape index (κ2) is 6.50. The van der Waals surface area contributed by atoms with E-state index in [0.717, 1.165) is 12.1 Å². The van der Waals surface area contributed by atoms with Crippen molar-refractivity contribution in [2.75, 3.05) is 12.3 Å². The van der Waals surface area contributed by atoms with Crippen molar-refractivity contribution in [3.05, 3.63) is 34.8 Å². The summed E-state index contributed by atoms with van der Waals surface area (Å²) in [4.78, 5) is -0.156. The van der Waals surface area contributed by atoms with Crippen molar-refractivity contribution in [1.82, 2.24) is 19.7 Å². The summed E-state index contributed by atoms with van der Waals surface area (Å²) in [5.41, 5.74) is 5.42. The van der Waals surface area contributed by atoms with E-state index in [1.807, 2.05) is 0 Å². The Bertz CT molecular complexity index is 720. The van der Waals surface area contributed by atoms with Crippen LogP contribution in [0.5, 0.6) is 0 Å². The molecular formula is C11H13BrFN5O2S. The maximum absolute atomic E-state index is 13.3. The molecule has 7 nitrogen and oxygen atoms in total. The quantitative estimate of drug-likeness (QED) is 0.580. The first kappa shape index (κ1) is 15.9. The molecule has 0 aliphatic carbocycles. The highest BCUT2D eigenvalue weighted by atomic mass is 79.9. The second-order valence-corrected chi connectivity index (χ2v) is 6.81. The fourth-order valence-electron chi connectivity index (χ4n) is 1.65. The van der Waals surface area contributed by atoms with E-state index in [9.17, 15) is 12.8 Å². The van der Waals surface area contributed by atoms with Crippen LogP contribution in [-0.4, -0.2) is 30.0 Å². The smallest absolute Gasteiger partial charge is 0.242 e. The minimum absolute atomic E-state index is 0.0414. The van der Waals surface area contributed by atoms with Gasteiger partial charge in [-0.05, 0) is 34.5 Å². The highest BCUT2D eigenvalue weighted by molar-refractivity contribution is 9.10. The molecule has 0 amide bonds. The van der Waals surface area contributed by atoms with Gasteiger partial charge >= 0.3 is 0 Å². The normalized spacial score (nSPS) is 11.7. The Morgan fingerprint density at radius 1 is 1.43 bits per heavy atom. The molecule has 0 atom stereocenters. The average Bonchev–Trinajstić information content (AvgIpc) is 2.92. The highest BCUT2D eigenvalue weighted by Gasteiger charge is 2.19. The van der Waals surface area contributed by atoms with E-state index in [1.165, 1.54) is 0 Å². The molecule has 10 heteroatoms. The number of hydrogen-bond donors (Lipinski definition) is 2. The highest BCUT2D eigenvalue weighted by Crippen LogP contribution is 2.25. The van der Waals surface area contributed by atoms with E-state index in [0.29, 0.717) is 13.0 Å². The van der Waals surface area contributed by atoms with E-state index < -0.39 is 15.8 Å². The topological polar surface area (TPSA) is 103 Å². The number of nitrogens with one attached hydrogen (secondary N) is 1. The molecule has 0 spiro atoms. The third kappa shape index (κ3) is 3.99. The lowest BCUT2D eigenvalue weighted by molar-refractivity contribution is 0.542. The monoisotopic (exact) mass is 377 g/mol. The number of anilines is 1. The van der Waals surface area contributed by atoms with Gasteiger partial charge in [-0.1, -0.05) is 5.21 Å². The Labute approximate surface area is 129 Å². The maximum Gasteiger partial charge on any atom is 0.242 e. The average molecular weight is 378 g/mol. The van der Waals surface area contributed by atoms with Gasteiger partial charge < -0.3 is 5.73 Å². The van der Waals surface area contributed by atoms with Crippen molar-refractivity contribution in [2.24, 2.45) is 0 Å². The molecule has 0 aliphatic rings. The summed E-state index contributed by atoms with van der Waals surface area (Å²) >= 11 is 2.94. The maximum atomic E-state index is 13.3. The van der Waals surface area contributed by atoms with Crippen LogP contribution in [0.2, 0.25) is 0 Å². The molecule has 0 saturated carbocycles. The predicted octanol–water partition coefficient (Wildman–Crippen LogP) is 1.13. The third-order valence-corrected chi connectivity index (χ3v) is 4.79. The van der Waals surface area contributed by atoms with Crippen molar-refractivity contribution in [1.29, 1.82) is 0 Å². The number of sulfonamides is 1. The third-order valence-electron chi connectivity index (χ3n) is 2.67. The summed E-state index contributed by atoms with van der Waals surface area (Å²) in [5, 5.41) is 7.41. The number of aromatic nitrogens is 3. The summed E-state index contributed by atoms with van der Waals surface area (Å²) in [6, 6.07) is 2.11. The number of halogens is 2. The van der Waals surface area contributed by atoms with Gasteiger partial charge in [0.15, 0.2) is 0 Å². The Morgan fingerprint density at radius 2 is 2.19 bits per heavy atom. The van der Waals surface area contributed by atoms with Crippen molar-refractivity contribution < 1.29 is 12.8 Å². The second-order valence-electron chi connectivity index (χ2n) is 4.22. The van der Waals surface area contributed by atoms with E-state index in [4.69, 9.17) is 5.73 Å². The first-order valence-electron chi connectivity index (χ1n) is 5.98. The van der Waals surface area contributed by atoms with Gasteiger partial charge in [0.05, 0.1) is 16.4 Å². The van der Waals surface area contributed by atoms with Gasteiger partial charge in [-0.15, -0.1) is 5.10 Å². The minimum atomic E-state index is -3.79. The minimum Gasteiger partial charge on any atom is -0.398 e. The number of nitrogens with zero attached hydrogens (tertiary/aromatic N) is 3. The van der Waals surface area contributed by atoms with Crippen LogP contribution in [0.25, 0.3) is 0 Å². The van der Waals surface area contributed by atoms with Gasteiger partial charge in [0, 0.05) is 19.3 Å². The summed E-state index contributed by atoms with van der Waals surface area (Å²) in [5.74, 6) is -0.613. The van der Waals surface area contributed by atoms with Gasteiger partial charge in [-0.2, -0.15) is 0 Å². The fraction of sp³-hybridized carbons (Fsp3) is 0.273. The van der Waals surface area contributed by atoms with Gasteiger partial charge in [-0.25, -0.2) is 17.5 Å². The summed E-state index contributed by atoms with van der Waals surface area (Å²) in [6.07, 6.45) is 3.76. The van der Waals surface area contributed by atoms with Crippen LogP contribution in [-0.2, 0) is 16.6 Å². The SMILES string of the molecule is Nc1cc(F)c(Br)cc1S(=O)(=O)NCCCn1ccnn1. The molecule has 1 heterocycles. The number of hydrogen-bond acceptors (Lipinski definition) is 5. The van der Waals surface area contributed by atoms with Crippen LogP contribution in [0.15, 0.2) is 33.9 Å². The van der Waals surface area contributed by atoms with Gasteiger partial charge in [0.2, 0.25) is 10.0 Å². The van der Waals surface area contributed by atoms with Crippen LogP contribution in [0.4, 0.5) is 10.1 Å². The molecule has 0 bridgehead atoms. The Balaban J connectivity index is 2.00. The van der Waals surface area contributed by atoms with Crippen LogP contribution in [0.3, 0.4) is 0 Å². The molecule has 21 heavy (non-hydrogen) atoms. The number of benzene rings is 1. The van der Waals surface area contributed by atoms with Gasteiger partial charge in [0.25, 0.3) is 0 Å². The molecule has 0 saturated heterocycles. The van der Waals surface area contributed by atoms with Crippen LogP contribution >= 0.6 is 15.9 Å². The molecule has 0 fully saturated rings. The molecule has 0 unspecified atom stereocenters. The Hall–Kier alpha value is -1.52. The number of aryl methyl sites for hydroxylation is 1. The Morgan fingerprint density at radius 3 is 2.86 bits per heavy atom. The molecule has 1 aromatic carbocycles. The molecule has 0 radical (unpaired) electrons. The van der Waals surface area contributed by atoms with Crippen LogP contribution < -0.4 is 10.5 Å². The predicted molar refractivity (Wildman–Crippen MR) is 78.3 cm³/mol. The molecular weight excluding hydrogens is 365 g/mol. The number of nitrogens with two attached hydrogens (primary N) is 1. The fourth-order valence-corrected chi connectivity index (χ4v) is 3.36. The first-order valence-corrected chi connectivity index (χ1v) is 8.26. The molecule has 3 N–H and O–H groups in total. The zero-order valence-electron chi connectivity index (χ0n) is 10.8. The van der Waals surface area contributed by atoms with E-state index in [2.05, 4.69) is 31.0 Å². The number of rotatable bonds is 6. The first-order chi connectivity index (χ1) is 9.90. The van der Waals surface area contributed by atoms with Crippen molar-refractivity contribution in [3.63, 3.8) is 0 Å². The standard InChI is InChI=1S/C11H13BrFN5O2S/c12-8-6-11(10(14)7-9(8)13)21(19,20)16-2-1-4-18-5-3-15-17-18/h3,5-7,16H,1-2,4,14H2. The van der Waals surface area contributed by atoms with E-state index >= 15 is 0 Å². The van der Waals surface area contributed by atoms with Crippen LogP contribution in [0.1, 0.15) is 6.42 Å². The molecule has 0 aliphatic heterocycles. The summed E-state index contributed by atoms with van der Waals surface area (Å²) in [6.45, 7) is 0.738. The van der Waals surface area contributed by atoms with Crippen molar-refractivity contribution >= 4 is 31.6 Å². The largest absolute Gasteiger partial charge is 0.398 e.